The van der Waals surface area contributed by atoms with E-state index < -0.39 is 0 Å². The zero-order chi connectivity index (χ0) is 10.4. The molecule has 0 saturated heterocycles. The summed E-state index contributed by atoms with van der Waals surface area (Å²) >= 11 is 0. The lowest BCUT2D eigenvalue weighted by Crippen LogP contribution is -2.40. The van der Waals surface area contributed by atoms with Gasteiger partial charge in [0.15, 0.2) is 0 Å². The van der Waals surface area contributed by atoms with E-state index in [2.05, 4.69) is 19.2 Å². The van der Waals surface area contributed by atoms with Gasteiger partial charge in [-0.2, -0.15) is 0 Å². The van der Waals surface area contributed by atoms with Gasteiger partial charge in [-0.15, -0.1) is 0 Å². The van der Waals surface area contributed by atoms with Gasteiger partial charge in [-0.25, -0.2) is 0 Å². The SMILES string of the molecule is CCCCC(COC)NC(C)C1CC1. The van der Waals surface area contributed by atoms with Crippen molar-refractivity contribution in [3.05, 3.63) is 0 Å². The molecule has 0 spiro atoms. The number of ether oxygens (including phenoxy) is 1. The Morgan fingerprint density at radius 3 is 2.64 bits per heavy atom. The molecular formula is C12H25NO. The quantitative estimate of drug-likeness (QED) is 0.649. The predicted octanol–water partition coefficient (Wildman–Crippen LogP) is 2.58. The third-order valence-corrected chi connectivity index (χ3v) is 3.10. The Kier molecular flexibility index (Phi) is 5.49. The Balaban J connectivity index is 2.18. The number of hydrogen-bond acceptors (Lipinski definition) is 2. The monoisotopic (exact) mass is 199 g/mol. The Morgan fingerprint density at radius 2 is 2.14 bits per heavy atom. The summed E-state index contributed by atoms with van der Waals surface area (Å²) in [6, 6.07) is 1.25. The van der Waals surface area contributed by atoms with Gasteiger partial charge in [0.2, 0.25) is 0 Å². The van der Waals surface area contributed by atoms with Gasteiger partial charge in [0.1, 0.15) is 0 Å². The average molecular weight is 199 g/mol. The highest BCUT2D eigenvalue weighted by atomic mass is 16.5. The molecule has 84 valence electrons. The third-order valence-electron chi connectivity index (χ3n) is 3.10. The molecule has 2 heteroatoms. The van der Waals surface area contributed by atoms with Crippen molar-refractivity contribution in [1.82, 2.24) is 5.32 Å². The molecule has 14 heavy (non-hydrogen) atoms. The van der Waals surface area contributed by atoms with E-state index in [0.717, 1.165) is 12.5 Å². The maximum absolute atomic E-state index is 5.24. The number of rotatable bonds is 8. The normalized spacial score (nSPS) is 20.8. The summed E-state index contributed by atoms with van der Waals surface area (Å²) in [6.45, 7) is 5.41. The van der Waals surface area contributed by atoms with Crippen LogP contribution in [0, 0.1) is 5.92 Å². The van der Waals surface area contributed by atoms with Gasteiger partial charge < -0.3 is 10.1 Å². The molecule has 2 nitrogen and oxygen atoms in total. The van der Waals surface area contributed by atoms with E-state index >= 15 is 0 Å². The first-order valence-corrected chi connectivity index (χ1v) is 6.03. The van der Waals surface area contributed by atoms with E-state index in [0.29, 0.717) is 12.1 Å². The van der Waals surface area contributed by atoms with Crippen molar-refractivity contribution < 1.29 is 4.74 Å². The summed E-state index contributed by atoms with van der Waals surface area (Å²) in [4.78, 5) is 0. The Bertz CT molecular complexity index is 145. The van der Waals surface area contributed by atoms with Crippen molar-refractivity contribution in [2.45, 2.75) is 58.0 Å². The topological polar surface area (TPSA) is 21.3 Å². The number of methoxy groups -OCH3 is 1. The fourth-order valence-electron chi connectivity index (χ4n) is 1.97. The van der Waals surface area contributed by atoms with Crippen molar-refractivity contribution in [2.24, 2.45) is 5.92 Å². The summed E-state index contributed by atoms with van der Waals surface area (Å²) in [6.07, 6.45) is 6.67. The van der Waals surface area contributed by atoms with Gasteiger partial charge in [0.25, 0.3) is 0 Å². The fraction of sp³-hybridized carbons (Fsp3) is 1.00. The Labute approximate surface area is 88.4 Å². The molecule has 0 aliphatic heterocycles. The van der Waals surface area contributed by atoms with Crippen molar-refractivity contribution in [3.8, 4) is 0 Å². The van der Waals surface area contributed by atoms with E-state index in [1.54, 1.807) is 7.11 Å². The molecular weight excluding hydrogens is 174 g/mol. The highest BCUT2D eigenvalue weighted by Gasteiger charge is 2.28. The van der Waals surface area contributed by atoms with Crippen LogP contribution >= 0.6 is 0 Å². The molecule has 1 rings (SSSR count). The van der Waals surface area contributed by atoms with E-state index in [9.17, 15) is 0 Å². The van der Waals surface area contributed by atoms with Crippen LogP contribution in [0.3, 0.4) is 0 Å². The van der Waals surface area contributed by atoms with Gasteiger partial charge in [0, 0.05) is 19.2 Å². The van der Waals surface area contributed by atoms with Crippen LogP contribution in [-0.4, -0.2) is 25.8 Å². The van der Waals surface area contributed by atoms with Crippen LogP contribution in [0.2, 0.25) is 0 Å². The first kappa shape index (κ1) is 12.0. The van der Waals surface area contributed by atoms with Crippen molar-refractivity contribution >= 4 is 0 Å². The van der Waals surface area contributed by atoms with E-state index in [1.165, 1.54) is 32.1 Å². The number of unbranched alkanes of at least 4 members (excludes halogenated alkanes) is 1. The highest BCUT2D eigenvalue weighted by molar-refractivity contribution is 4.85. The molecule has 0 heterocycles. The summed E-state index contributed by atoms with van der Waals surface area (Å²) in [5, 5.41) is 3.69. The second kappa shape index (κ2) is 6.41. The highest BCUT2D eigenvalue weighted by Crippen LogP contribution is 2.32. The summed E-state index contributed by atoms with van der Waals surface area (Å²) in [5.41, 5.74) is 0. The maximum Gasteiger partial charge on any atom is 0.0615 e. The average Bonchev–Trinajstić information content (AvgIpc) is 2.97. The van der Waals surface area contributed by atoms with Crippen LogP contribution in [0.5, 0.6) is 0 Å². The smallest absolute Gasteiger partial charge is 0.0615 e. The molecule has 0 radical (unpaired) electrons. The van der Waals surface area contributed by atoms with Gasteiger partial charge in [-0.05, 0) is 32.1 Å². The molecule has 0 aromatic rings. The largest absolute Gasteiger partial charge is 0.383 e. The first-order chi connectivity index (χ1) is 6.77. The molecule has 1 N–H and O–H groups in total. The lowest BCUT2D eigenvalue weighted by Gasteiger charge is -2.22. The van der Waals surface area contributed by atoms with Crippen LogP contribution < -0.4 is 5.32 Å². The number of hydrogen-bond donors (Lipinski definition) is 1. The number of nitrogens with one attached hydrogen (secondary N) is 1. The lowest BCUT2D eigenvalue weighted by molar-refractivity contribution is 0.154. The second-order valence-electron chi connectivity index (χ2n) is 4.59. The molecule has 1 saturated carbocycles. The fourth-order valence-corrected chi connectivity index (χ4v) is 1.97. The van der Waals surface area contributed by atoms with Crippen LogP contribution in [-0.2, 0) is 4.74 Å². The lowest BCUT2D eigenvalue weighted by atomic mass is 10.1. The molecule has 0 aromatic heterocycles. The predicted molar refractivity (Wildman–Crippen MR) is 60.5 cm³/mol. The van der Waals surface area contributed by atoms with Gasteiger partial charge >= 0.3 is 0 Å². The zero-order valence-electron chi connectivity index (χ0n) is 9.88. The minimum atomic E-state index is 0.565. The minimum Gasteiger partial charge on any atom is -0.383 e. The molecule has 0 aromatic carbocycles. The van der Waals surface area contributed by atoms with Crippen LogP contribution in [0.4, 0.5) is 0 Å². The minimum absolute atomic E-state index is 0.565. The molecule has 1 fully saturated rings. The second-order valence-corrected chi connectivity index (χ2v) is 4.59. The first-order valence-electron chi connectivity index (χ1n) is 6.03. The van der Waals surface area contributed by atoms with Crippen LogP contribution in [0.25, 0.3) is 0 Å². The molecule has 2 unspecified atom stereocenters. The van der Waals surface area contributed by atoms with E-state index in [-0.39, 0.29) is 0 Å². The van der Waals surface area contributed by atoms with Crippen LogP contribution in [0.1, 0.15) is 46.0 Å². The van der Waals surface area contributed by atoms with Gasteiger partial charge in [0.05, 0.1) is 6.61 Å². The van der Waals surface area contributed by atoms with Gasteiger partial charge in [-0.1, -0.05) is 19.8 Å². The zero-order valence-corrected chi connectivity index (χ0v) is 9.88. The van der Waals surface area contributed by atoms with Crippen molar-refractivity contribution in [2.75, 3.05) is 13.7 Å². The van der Waals surface area contributed by atoms with Crippen molar-refractivity contribution in [1.29, 1.82) is 0 Å². The van der Waals surface area contributed by atoms with E-state index in [1.807, 2.05) is 0 Å². The Morgan fingerprint density at radius 1 is 1.43 bits per heavy atom. The molecule has 2 atom stereocenters. The molecule has 1 aliphatic carbocycles. The molecule has 1 aliphatic rings. The van der Waals surface area contributed by atoms with Crippen molar-refractivity contribution in [3.63, 3.8) is 0 Å². The summed E-state index contributed by atoms with van der Waals surface area (Å²) in [5.74, 6) is 0.941. The third kappa shape index (κ3) is 4.43. The maximum atomic E-state index is 5.24. The summed E-state index contributed by atoms with van der Waals surface area (Å²) in [7, 11) is 1.79. The summed E-state index contributed by atoms with van der Waals surface area (Å²) < 4.78 is 5.24. The molecule has 0 bridgehead atoms. The molecule has 0 amide bonds. The Hall–Kier alpha value is -0.0800. The standard InChI is InChI=1S/C12H25NO/c1-4-5-6-12(9-14-3)13-10(2)11-7-8-11/h10-13H,4-9H2,1-3H3. The van der Waals surface area contributed by atoms with E-state index in [4.69, 9.17) is 4.74 Å². The van der Waals surface area contributed by atoms with Gasteiger partial charge in [-0.3, -0.25) is 0 Å². The van der Waals surface area contributed by atoms with Crippen LogP contribution in [0.15, 0.2) is 0 Å².